The van der Waals surface area contributed by atoms with Gasteiger partial charge in [-0.2, -0.15) is 0 Å². The molecule has 4 nitrogen and oxygen atoms in total. The monoisotopic (exact) mass is 320 g/mol. The standard InChI is InChI=1S/C19H36N4/c1-23(2)16-5-3-13(4-6-16)15-9-17-18(14-7-8-20-10-14)12-22-19(17)21-11-15/h13-22H,3-12H2,1-2H3. The lowest BCUT2D eigenvalue weighted by Gasteiger charge is -2.42. The van der Waals surface area contributed by atoms with Crippen LogP contribution in [0.4, 0.5) is 0 Å². The van der Waals surface area contributed by atoms with Gasteiger partial charge in [0.2, 0.25) is 0 Å². The Balaban J connectivity index is 1.35. The molecule has 0 radical (unpaired) electrons. The second-order valence-corrected chi connectivity index (χ2v) is 8.90. The number of fused-ring (bicyclic) bond motifs is 1. The van der Waals surface area contributed by atoms with Crippen LogP contribution in [0, 0.1) is 29.6 Å². The van der Waals surface area contributed by atoms with Gasteiger partial charge in [0.15, 0.2) is 0 Å². The van der Waals surface area contributed by atoms with Crippen molar-refractivity contribution < 1.29 is 0 Å². The van der Waals surface area contributed by atoms with Crippen LogP contribution in [0.5, 0.6) is 0 Å². The molecule has 132 valence electrons. The van der Waals surface area contributed by atoms with E-state index in [9.17, 15) is 0 Å². The van der Waals surface area contributed by atoms with Gasteiger partial charge in [-0.15, -0.1) is 0 Å². The maximum Gasteiger partial charge on any atom is 0.0604 e. The van der Waals surface area contributed by atoms with Crippen LogP contribution in [0.1, 0.15) is 38.5 Å². The van der Waals surface area contributed by atoms with Gasteiger partial charge in [0.1, 0.15) is 0 Å². The molecule has 5 atom stereocenters. The summed E-state index contributed by atoms with van der Waals surface area (Å²) >= 11 is 0. The van der Waals surface area contributed by atoms with Crippen molar-refractivity contribution >= 4 is 0 Å². The number of hydrogen-bond donors (Lipinski definition) is 3. The maximum absolute atomic E-state index is 3.87. The minimum absolute atomic E-state index is 0.606. The Labute approximate surface area is 142 Å². The lowest BCUT2D eigenvalue weighted by Crippen LogP contribution is -2.51. The molecular formula is C19H36N4. The van der Waals surface area contributed by atoms with Crippen LogP contribution in [-0.2, 0) is 0 Å². The second kappa shape index (κ2) is 6.99. The molecule has 0 amide bonds. The summed E-state index contributed by atoms with van der Waals surface area (Å²) in [7, 11) is 4.50. The van der Waals surface area contributed by atoms with Crippen LogP contribution in [0.2, 0.25) is 0 Å². The topological polar surface area (TPSA) is 39.3 Å². The number of hydrogen-bond acceptors (Lipinski definition) is 4. The first kappa shape index (κ1) is 16.3. The van der Waals surface area contributed by atoms with Crippen molar-refractivity contribution in [2.24, 2.45) is 29.6 Å². The summed E-state index contributed by atoms with van der Waals surface area (Å²) in [5.41, 5.74) is 0. The van der Waals surface area contributed by atoms with Crippen LogP contribution in [0.25, 0.3) is 0 Å². The highest BCUT2D eigenvalue weighted by molar-refractivity contribution is 4.99. The van der Waals surface area contributed by atoms with Gasteiger partial charge < -0.3 is 20.9 Å². The molecule has 4 fully saturated rings. The van der Waals surface area contributed by atoms with Crippen LogP contribution in [-0.4, -0.2) is 57.4 Å². The van der Waals surface area contributed by atoms with Gasteiger partial charge >= 0.3 is 0 Å². The Kier molecular flexibility index (Phi) is 4.96. The first-order valence-corrected chi connectivity index (χ1v) is 10.1. The van der Waals surface area contributed by atoms with E-state index in [0.717, 1.165) is 35.6 Å². The van der Waals surface area contributed by atoms with E-state index in [-0.39, 0.29) is 0 Å². The van der Waals surface area contributed by atoms with Crippen LogP contribution >= 0.6 is 0 Å². The summed E-state index contributed by atoms with van der Waals surface area (Å²) in [6, 6.07) is 0.834. The third kappa shape index (κ3) is 3.33. The molecule has 0 aromatic rings. The summed E-state index contributed by atoms with van der Waals surface area (Å²) in [4.78, 5) is 2.44. The molecule has 3 N–H and O–H groups in total. The third-order valence-corrected chi connectivity index (χ3v) is 7.57. The van der Waals surface area contributed by atoms with Crippen molar-refractivity contribution in [1.82, 2.24) is 20.9 Å². The first-order chi connectivity index (χ1) is 11.2. The molecule has 0 aromatic heterocycles. The highest BCUT2D eigenvalue weighted by atomic mass is 15.2. The molecule has 4 aliphatic rings. The van der Waals surface area contributed by atoms with Gasteiger partial charge in [0.25, 0.3) is 0 Å². The Hall–Kier alpha value is -0.160. The minimum atomic E-state index is 0.606. The van der Waals surface area contributed by atoms with E-state index in [0.29, 0.717) is 6.17 Å². The number of nitrogens with one attached hydrogen (secondary N) is 3. The van der Waals surface area contributed by atoms with Gasteiger partial charge in [-0.25, -0.2) is 0 Å². The SMILES string of the molecule is CN(C)C1CCC(C2CNC3NCC(C4CCNC4)C3C2)CC1. The lowest BCUT2D eigenvalue weighted by molar-refractivity contribution is 0.0967. The lowest BCUT2D eigenvalue weighted by atomic mass is 9.69. The molecule has 3 saturated heterocycles. The van der Waals surface area contributed by atoms with E-state index in [1.54, 1.807) is 0 Å². The fourth-order valence-electron chi connectivity index (χ4n) is 6.07. The van der Waals surface area contributed by atoms with Gasteiger partial charge in [0.05, 0.1) is 6.17 Å². The maximum atomic E-state index is 3.87. The van der Waals surface area contributed by atoms with Gasteiger partial charge in [-0.3, -0.25) is 0 Å². The van der Waals surface area contributed by atoms with Crippen molar-refractivity contribution in [3.63, 3.8) is 0 Å². The van der Waals surface area contributed by atoms with Crippen LogP contribution in [0.3, 0.4) is 0 Å². The zero-order valence-corrected chi connectivity index (χ0v) is 15.1. The van der Waals surface area contributed by atoms with Crippen molar-refractivity contribution in [2.45, 2.75) is 50.7 Å². The average Bonchev–Trinajstić information content (AvgIpc) is 3.23. The zero-order chi connectivity index (χ0) is 15.8. The predicted octanol–water partition coefficient (Wildman–Crippen LogP) is 1.49. The Morgan fingerprint density at radius 2 is 1.52 bits per heavy atom. The van der Waals surface area contributed by atoms with E-state index in [2.05, 4.69) is 34.9 Å². The molecule has 0 bridgehead atoms. The molecule has 3 heterocycles. The molecule has 1 saturated carbocycles. The molecule has 0 spiro atoms. The average molecular weight is 321 g/mol. The molecule has 4 rings (SSSR count). The van der Waals surface area contributed by atoms with Crippen LogP contribution in [0.15, 0.2) is 0 Å². The normalized spacial score (nSPS) is 47.9. The fourth-order valence-corrected chi connectivity index (χ4v) is 6.07. The molecular weight excluding hydrogens is 284 g/mol. The molecule has 23 heavy (non-hydrogen) atoms. The van der Waals surface area contributed by atoms with Gasteiger partial charge in [-0.1, -0.05) is 0 Å². The van der Waals surface area contributed by atoms with Gasteiger partial charge in [-0.05, 0) is 102 Å². The van der Waals surface area contributed by atoms with E-state index in [1.165, 1.54) is 64.7 Å². The minimum Gasteiger partial charge on any atom is -0.316 e. The first-order valence-electron chi connectivity index (χ1n) is 10.1. The largest absolute Gasteiger partial charge is 0.316 e. The number of nitrogens with zero attached hydrogens (tertiary/aromatic N) is 1. The zero-order valence-electron chi connectivity index (χ0n) is 15.1. The Morgan fingerprint density at radius 3 is 2.22 bits per heavy atom. The summed E-state index contributed by atoms with van der Waals surface area (Å²) < 4.78 is 0. The van der Waals surface area contributed by atoms with Crippen molar-refractivity contribution in [2.75, 3.05) is 40.3 Å². The summed E-state index contributed by atoms with van der Waals surface area (Å²) in [6.45, 7) is 4.99. The highest BCUT2D eigenvalue weighted by Gasteiger charge is 2.45. The molecule has 1 aliphatic carbocycles. The number of piperidine rings is 1. The van der Waals surface area contributed by atoms with Gasteiger partial charge in [0, 0.05) is 12.6 Å². The Bertz CT molecular complexity index is 385. The van der Waals surface area contributed by atoms with Crippen molar-refractivity contribution in [1.29, 1.82) is 0 Å². The number of rotatable bonds is 3. The second-order valence-electron chi connectivity index (χ2n) is 8.90. The predicted molar refractivity (Wildman–Crippen MR) is 95.3 cm³/mol. The summed E-state index contributed by atoms with van der Waals surface area (Å²) in [5, 5.41) is 11.2. The Morgan fingerprint density at radius 1 is 0.739 bits per heavy atom. The molecule has 0 aromatic carbocycles. The van der Waals surface area contributed by atoms with Crippen molar-refractivity contribution in [3.8, 4) is 0 Å². The molecule has 4 heteroatoms. The fraction of sp³-hybridized carbons (Fsp3) is 1.00. The van der Waals surface area contributed by atoms with E-state index in [4.69, 9.17) is 0 Å². The molecule has 3 aliphatic heterocycles. The molecule has 5 unspecified atom stereocenters. The van der Waals surface area contributed by atoms with E-state index in [1.807, 2.05) is 0 Å². The highest BCUT2D eigenvalue weighted by Crippen LogP contribution is 2.42. The van der Waals surface area contributed by atoms with Crippen molar-refractivity contribution in [3.05, 3.63) is 0 Å². The quantitative estimate of drug-likeness (QED) is 0.737. The van der Waals surface area contributed by atoms with E-state index < -0.39 is 0 Å². The summed E-state index contributed by atoms with van der Waals surface area (Å²) in [6.07, 6.45) is 9.21. The van der Waals surface area contributed by atoms with Crippen LogP contribution < -0.4 is 16.0 Å². The smallest absolute Gasteiger partial charge is 0.0604 e. The van der Waals surface area contributed by atoms with E-state index >= 15 is 0 Å². The third-order valence-electron chi connectivity index (χ3n) is 7.57. The summed E-state index contributed by atoms with van der Waals surface area (Å²) in [5.74, 6) is 4.61.